The summed E-state index contributed by atoms with van der Waals surface area (Å²) >= 11 is 0. The smallest absolute Gasteiger partial charge is 0.225 e. The first-order valence-electron chi connectivity index (χ1n) is 6.05. The van der Waals surface area contributed by atoms with Crippen LogP contribution in [-0.2, 0) is 20.7 Å². The Morgan fingerprint density at radius 2 is 2.05 bits per heavy atom. The van der Waals surface area contributed by atoms with Gasteiger partial charge in [0.1, 0.15) is 11.9 Å². The molecule has 0 saturated heterocycles. The maximum atomic E-state index is 11.5. The van der Waals surface area contributed by atoms with Crippen LogP contribution in [0.15, 0.2) is 18.2 Å². The summed E-state index contributed by atoms with van der Waals surface area (Å²) in [6.45, 7) is 0.0574. The topological polar surface area (TPSA) is 114 Å². The Kier molecular flexibility index (Phi) is 6.40. The molecule has 0 bridgehead atoms. The van der Waals surface area contributed by atoms with Crippen molar-refractivity contribution in [2.45, 2.75) is 18.8 Å². The maximum Gasteiger partial charge on any atom is 0.225 e. The van der Waals surface area contributed by atoms with Crippen LogP contribution in [0.2, 0.25) is 0 Å². The molecular formula is C13H20N2O5. The largest absolute Gasteiger partial charge is 0.508 e. The van der Waals surface area contributed by atoms with Crippen molar-refractivity contribution in [3.8, 4) is 5.75 Å². The molecule has 112 valence electrons. The van der Waals surface area contributed by atoms with E-state index in [0.717, 1.165) is 0 Å². The average molecular weight is 284 g/mol. The number of carbonyl (C=O) groups is 1. The number of nitrogens with two attached hydrogens (primary N) is 1. The number of carbonyl (C=O) groups excluding carboxylic acids is 1. The van der Waals surface area contributed by atoms with Gasteiger partial charge in [0.25, 0.3) is 0 Å². The molecule has 7 nitrogen and oxygen atoms in total. The Morgan fingerprint density at radius 3 is 2.60 bits per heavy atom. The van der Waals surface area contributed by atoms with Gasteiger partial charge in [0.2, 0.25) is 5.91 Å². The molecule has 0 fully saturated rings. The summed E-state index contributed by atoms with van der Waals surface area (Å²) in [7, 11) is 2.76. The molecule has 7 heteroatoms. The van der Waals surface area contributed by atoms with Crippen molar-refractivity contribution in [2.75, 3.05) is 20.9 Å². The lowest BCUT2D eigenvalue weighted by molar-refractivity contribution is -0.166. The van der Waals surface area contributed by atoms with Crippen LogP contribution >= 0.6 is 0 Å². The van der Waals surface area contributed by atoms with Gasteiger partial charge in [-0.05, 0) is 17.7 Å². The summed E-state index contributed by atoms with van der Waals surface area (Å²) in [6, 6.07) is 4.53. The van der Waals surface area contributed by atoms with Gasteiger partial charge in [-0.1, -0.05) is 6.07 Å². The third-order valence-electron chi connectivity index (χ3n) is 2.80. The number of hydrogen-bond acceptors (Lipinski definition) is 6. The molecule has 5 N–H and O–H groups in total. The van der Waals surface area contributed by atoms with Crippen molar-refractivity contribution < 1.29 is 24.5 Å². The highest BCUT2D eigenvalue weighted by Gasteiger charge is 2.23. The third kappa shape index (κ3) is 4.17. The summed E-state index contributed by atoms with van der Waals surface area (Å²) in [5, 5.41) is 22.4. The Labute approximate surface area is 117 Å². The van der Waals surface area contributed by atoms with Crippen molar-refractivity contribution >= 4 is 5.91 Å². The van der Waals surface area contributed by atoms with Crippen molar-refractivity contribution in [1.29, 1.82) is 0 Å². The number of ether oxygens (including phenoxy) is 2. The number of methoxy groups -OCH3 is 2. The summed E-state index contributed by atoms with van der Waals surface area (Å²) in [4.78, 5) is 11.5. The molecule has 0 aliphatic carbocycles. The van der Waals surface area contributed by atoms with Gasteiger partial charge in [0.15, 0.2) is 6.29 Å². The molecule has 0 radical (unpaired) electrons. The summed E-state index contributed by atoms with van der Waals surface area (Å²) in [5.41, 5.74) is 6.08. The van der Waals surface area contributed by atoms with Crippen molar-refractivity contribution in [2.24, 2.45) is 5.73 Å². The molecule has 1 unspecified atom stereocenters. The second kappa shape index (κ2) is 7.81. The minimum absolute atomic E-state index is 0.0574. The lowest BCUT2D eigenvalue weighted by Gasteiger charge is -2.21. The molecule has 1 atom stereocenters. The second-order valence-electron chi connectivity index (χ2n) is 4.16. The number of aromatic hydroxyl groups is 1. The van der Waals surface area contributed by atoms with Gasteiger partial charge in [-0.15, -0.1) is 0 Å². The Morgan fingerprint density at radius 1 is 1.40 bits per heavy atom. The van der Waals surface area contributed by atoms with Crippen LogP contribution in [0.25, 0.3) is 0 Å². The van der Waals surface area contributed by atoms with E-state index >= 15 is 0 Å². The van der Waals surface area contributed by atoms with E-state index in [4.69, 9.17) is 15.2 Å². The maximum absolute atomic E-state index is 11.5. The molecule has 0 saturated carbocycles. The van der Waals surface area contributed by atoms with Crippen molar-refractivity contribution in [3.63, 3.8) is 0 Å². The van der Waals surface area contributed by atoms with Gasteiger partial charge in [-0.25, -0.2) is 0 Å². The molecule has 0 spiro atoms. The van der Waals surface area contributed by atoms with Gasteiger partial charge in [0, 0.05) is 19.8 Å². The molecule has 0 aliphatic rings. The van der Waals surface area contributed by atoms with E-state index in [2.05, 4.69) is 5.32 Å². The zero-order valence-electron chi connectivity index (χ0n) is 11.5. The SMILES string of the molecule is COC(OC)C(O)c1cc(CC(=O)NCN)ccc1O. The summed E-state index contributed by atoms with van der Waals surface area (Å²) in [5.74, 6) is -0.340. The highest BCUT2D eigenvalue weighted by atomic mass is 16.7. The molecular weight excluding hydrogens is 264 g/mol. The fraction of sp³-hybridized carbons (Fsp3) is 0.462. The van der Waals surface area contributed by atoms with E-state index in [0.29, 0.717) is 5.56 Å². The summed E-state index contributed by atoms with van der Waals surface area (Å²) < 4.78 is 9.90. The van der Waals surface area contributed by atoms with E-state index < -0.39 is 12.4 Å². The normalized spacial score (nSPS) is 12.4. The lowest BCUT2D eigenvalue weighted by Crippen LogP contribution is -2.30. The fourth-order valence-electron chi connectivity index (χ4n) is 1.81. The predicted octanol–water partition coefficient (Wildman–Crippen LogP) is -0.381. The number of nitrogens with one attached hydrogen (secondary N) is 1. The van der Waals surface area contributed by atoms with Crippen LogP contribution in [0.5, 0.6) is 5.75 Å². The predicted molar refractivity (Wildman–Crippen MR) is 71.8 cm³/mol. The number of rotatable bonds is 7. The number of aliphatic hydroxyl groups excluding tert-OH is 1. The van der Waals surface area contributed by atoms with Crippen LogP contribution in [0.3, 0.4) is 0 Å². The molecule has 0 aromatic heterocycles. The van der Waals surface area contributed by atoms with Crippen LogP contribution in [-0.4, -0.2) is 43.3 Å². The standard InChI is InChI=1S/C13H20N2O5/c1-19-13(20-2)12(18)9-5-8(3-4-10(9)16)6-11(17)15-7-14/h3-5,12-13,16,18H,6-7,14H2,1-2H3,(H,15,17). The monoisotopic (exact) mass is 284 g/mol. The highest BCUT2D eigenvalue weighted by molar-refractivity contribution is 5.78. The number of phenolic OH excluding ortho intramolecular Hbond substituents is 1. The van der Waals surface area contributed by atoms with Crippen LogP contribution < -0.4 is 11.1 Å². The quantitative estimate of drug-likeness (QED) is 0.507. The van der Waals surface area contributed by atoms with E-state index in [9.17, 15) is 15.0 Å². The van der Waals surface area contributed by atoms with Gasteiger partial charge in [0.05, 0.1) is 13.1 Å². The third-order valence-corrected chi connectivity index (χ3v) is 2.80. The molecule has 0 aliphatic heterocycles. The number of aliphatic hydroxyl groups is 1. The summed E-state index contributed by atoms with van der Waals surface area (Å²) in [6.07, 6.45) is -1.97. The minimum atomic E-state index is -1.16. The molecule has 0 heterocycles. The Balaban J connectivity index is 2.93. The zero-order chi connectivity index (χ0) is 15.1. The lowest BCUT2D eigenvalue weighted by atomic mass is 10.0. The van der Waals surface area contributed by atoms with E-state index in [1.54, 1.807) is 6.07 Å². The Bertz CT molecular complexity index is 448. The number of phenols is 1. The molecule has 1 aromatic rings. The highest BCUT2D eigenvalue weighted by Crippen LogP contribution is 2.29. The first kappa shape index (κ1) is 16.4. The first-order chi connectivity index (χ1) is 9.53. The number of hydrogen-bond donors (Lipinski definition) is 4. The number of amides is 1. The van der Waals surface area contributed by atoms with Crippen LogP contribution in [0.4, 0.5) is 0 Å². The van der Waals surface area contributed by atoms with Crippen LogP contribution in [0.1, 0.15) is 17.2 Å². The van der Waals surface area contributed by atoms with E-state index in [1.807, 2.05) is 0 Å². The fourth-order valence-corrected chi connectivity index (χ4v) is 1.81. The molecule has 20 heavy (non-hydrogen) atoms. The Hall–Kier alpha value is -1.67. The first-order valence-corrected chi connectivity index (χ1v) is 6.05. The number of benzene rings is 1. The van der Waals surface area contributed by atoms with E-state index in [1.165, 1.54) is 26.4 Å². The van der Waals surface area contributed by atoms with Gasteiger partial charge < -0.3 is 30.7 Å². The van der Waals surface area contributed by atoms with Crippen molar-refractivity contribution in [1.82, 2.24) is 5.32 Å². The zero-order valence-corrected chi connectivity index (χ0v) is 11.5. The second-order valence-corrected chi connectivity index (χ2v) is 4.16. The molecule has 1 rings (SSSR count). The van der Waals surface area contributed by atoms with Gasteiger partial charge in [-0.3, -0.25) is 4.79 Å². The van der Waals surface area contributed by atoms with Crippen molar-refractivity contribution in [3.05, 3.63) is 29.3 Å². The molecule has 1 aromatic carbocycles. The minimum Gasteiger partial charge on any atom is -0.508 e. The molecule has 1 amide bonds. The van der Waals surface area contributed by atoms with Crippen LogP contribution in [0, 0.1) is 0 Å². The average Bonchev–Trinajstić information content (AvgIpc) is 2.42. The van der Waals surface area contributed by atoms with Gasteiger partial charge in [-0.2, -0.15) is 0 Å². The van der Waals surface area contributed by atoms with E-state index in [-0.39, 0.29) is 30.3 Å². The van der Waals surface area contributed by atoms with Gasteiger partial charge >= 0.3 is 0 Å².